The normalized spacial score (nSPS) is 18.9. The molecule has 2 aromatic rings. The number of rotatable bonds is 5. The van der Waals surface area contributed by atoms with Crippen molar-refractivity contribution in [1.29, 1.82) is 0 Å². The lowest BCUT2D eigenvalue weighted by atomic mass is 10.0. The predicted octanol–water partition coefficient (Wildman–Crippen LogP) is 4.11. The highest BCUT2D eigenvalue weighted by Gasteiger charge is 2.26. The fraction of sp³-hybridized carbons (Fsp3) is 0.450. The average Bonchev–Trinajstić information content (AvgIpc) is 3.07. The molecule has 128 valence electrons. The van der Waals surface area contributed by atoms with Crippen LogP contribution in [0, 0.1) is 0 Å². The molecule has 0 saturated heterocycles. The minimum atomic E-state index is 0.0419. The summed E-state index contributed by atoms with van der Waals surface area (Å²) in [7, 11) is 0. The largest absolute Gasteiger partial charge is 0.348 e. The third kappa shape index (κ3) is 3.70. The SMILES string of the molecule is CCc1ccc([C@@H](C)NC(=O)CN2CCc3sccc3[C@H]2C)cc1. The zero-order valence-corrected chi connectivity index (χ0v) is 15.5. The molecule has 1 aromatic carbocycles. The number of benzene rings is 1. The second kappa shape index (κ2) is 7.49. The van der Waals surface area contributed by atoms with Gasteiger partial charge in [0.05, 0.1) is 12.6 Å². The first-order valence-corrected chi connectivity index (χ1v) is 9.65. The Morgan fingerprint density at radius 2 is 2.08 bits per heavy atom. The first-order chi connectivity index (χ1) is 11.6. The van der Waals surface area contributed by atoms with Crippen LogP contribution in [-0.4, -0.2) is 23.9 Å². The molecule has 0 aliphatic carbocycles. The van der Waals surface area contributed by atoms with Crippen LogP contribution in [0.4, 0.5) is 0 Å². The van der Waals surface area contributed by atoms with Crippen molar-refractivity contribution in [2.75, 3.05) is 13.1 Å². The van der Waals surface area contributed by atoms with Gasteiger partial charge in [-0.15, -0.1) is 11.3 Å². The molecule has 1 N–H and O–H groups in total. The van der Waals surface area contributed by atoms with Crippen LogP contribution in [0.15, 0.2) is 35.7 Å². The molecule has 2 atom stereocenters. The van der Waals surface area contributed by atoms with Crippen molar-refractivity contribution >= 4 is 17.2 Å². The molecule has 0 radical (unpaired) electrons. The molecule has 0 fully saturated rings. The molecule has 1 aliphatic rings. The molecule has 0 bridgehead atoms. The Bertz CT molecular complexity index is 692. The van der Waals surface area contributed by atoms with E-state index in [1.807, 2.05) is 11.3 Å². The number of hydrogen-bond acceptors (Lipinski definition) is 3. The van der Waals surface area contributed by atoms with E-state index in [-0.39, 0.29) is 11.9 Å². The van der Waals surface area contributed by atoms with Crippen molar-refractivity contribution < 1.29 is 4.79 Å². The predicted molar refractivity (Wildman–Crippen MR) is 100 cm³/mol. The first-order valence-electron chi connectivity index (χ1n) is 8.77. The van der Waals surface area contributed by atoms with Crippen LogP contribution in [0.2, 0.25) is 0 Å². The fourth-order valence-corrected chi connectivity index (χ4v) is 4.34. The lowest BCUT2D eigenvalue weighted by Crippen LogP contribution is -2.42. The highest BCUT2D eigenvalue weighted by atomic mass is 32.1. The molecular formula is C20H26N2OS. The van der Waals surface area contributed by atoms with E-state index in [4.69, 9.17) is 0 Å². The number of amides is 1. The molecule has 4 heteroatoms. The van der Waals surface area contributed by atoms with Crippen LogP contribution in [-0.2, 0) is 17.6 Å². The second-order valence-corrected chi connectivity index (χ2v) is 7.58. The van der Waals surface area contributed by atoms with Gasteiger partial charge < -0.3 is 5.32 Å². The van der Waals surface area contributed by atoms with E-state index in [9.17, 15) is 4.79 Å². The smallest absolute Gasteiger partial charge is 0.234 e. The number of nitrogens with one attached hydrogen (secondary N) is 1. The number of carbonyl (C=O) groups excluding carboxylic acids is 1. The van der Waals surface area contributed by atoms with Crippen LogP contribution in [0.3, 0.4) is 0 Å². The Hall–Kier alpha value is -1.65. The Morgan fingerprint density at radius 3 is 2.79 bits per heavy atom. The second-order valence-electron chi connectivity index (χ2n) is 6.58. The summed E-state index contributed by atoms with van der Waals surface area (Å²) >= 11 is 1.83. The van der Waals surface area contributed by atoms with Crippen molar-refractivity contribution in [3.05, 3.63) is 57.3 Å². The van der Waals surface area contributed by atoms with Crippen molar-refractivity contribution in [2.45, 2.75) is 45.7 Å². The Balaban J connectivity index is 1.57. The number of thiophene rings is 1. The van der Waals surface area contributed by atoms with E-state index in [0.717, 1.165) is 24.9 Å². The van der Waals surface area contributed by atoms with Gasteiger partial charge in [-0.25, -0.2) is 0 Å². The zero-order chi connectivity index (χ0) is 17.1. The minimum Gasteiger partial charge on any atom is -0.348 e. The first kappa shape index (κ1) is 17.2. The zero-order valence-electron chi connectivity index (χ0n) is 14.7. The van der Waals surface area contributed by atoms with Gasteiger partial charge >= 0.3 is 0 Å². The van der Waals surface area contributed by atoms with Gasteiger partial charge in [0.15, 0.2) is 0 Å². The Labute approximate surface area is 148 Å². The van der Waals surface area contributed by atoms with Crippen molar-refractivity contribution in [3.8, 4) is 0 Å². The van der Waals surface area contributed by atoms with E-state index >= 15 is 0 Å². The highest BCUT2D eigenvalue weighted by Crippen LogP contribution is 2.32. The topological polar surface area (TPSA) is 32.3 Å². The minimum absolute atomic E-state index is 0.0419. The fourth-order valence-electron chi connectivity index (χ4n) is 3.37. The quantitative estimate of drug-likeness (QED) is 0.887. The van der Waals surface area contributed by atoms with Crippen LogP contribution in [0.25, 0.3) is 0 Å². The summed E-state index contributed by atoms with van der Waals surface area (Å²) in [4.78, 5) is 16.2. The number of carbonyl (C=O) groups is 1. The van der Waals surface area contributed by atoms with Gasteiger partial charge in [0, 0.05) is 17.5 Å². The molecule has 1 aliphatic heterocycles. The summed E-state index contributed by atoms with van der Waals surface area (Å²) in [6.07, 6.45) is 2.09. The molecule has 0 saturated carbocycles. The molecule has 24 heavy (non-hydrogen) atoms. The molecule has 0 spiro atoms. The molecule has 1 amide bonds. The average molecular weight is 343 g/mol. The summed E-state index contributed by atoms with van der Waals surface area (Å²) in [5, 5.41) is 5.30. The van der Waals surface area contributed by atoms with Gasteiger partial charge in [-0.3, -0.25) is 9.69 Å². The molecule has 1 aromatic heterocycles. The molecule has 3 nitrogen and oxygen atoms in total. The maximum Gasteiger partial charge on any atom is 0.234 e. The third-order valence-corrected chi connectivity index (χ3v) is 6.01. The lowest BCUT2D eigenvalue weighted by Gasteiger charge is -2.33. The summed E-state index contributed by atoms with van der Waals surface area (Å²) < 4.78 is 0. The summed E-state index contributed by atoms with van der Waals surface area (Å²) in [6.45, 7) is 7.83. The number of fused-ring (bicyclic) bond motifs is 1. The van der Waals surface area contributed by atoms with E-state index in [1.165, 1.54) is 16.0 Å². The third-order valence-electron chi connectivity index (χ3n) is 5.02. The number of aryl methyl sites for hydroxylation is 1. The van der Waals surface area contributed by atoms with Crippen molar-refractivity contribution in [3.63, 3.8) is 0 Å². The maximum absolute atomic E-state index is 12.5. The van der Waals surface area contributed by atoms with Gasteiger partial charge in [0.1, 0.15) is 0 Å². The highest BCUT2D eigenvalue weighted by molar-refractivity contribution is 7.10. The summed E-state index contributed by atoms with van der Waals surface area (Å²) in [5.74, 6) is 0.104. The van der Waals surface area contributed by atoms with Crippen molar-refractivity contribution in [2.24, 2.45) is 0 Å². The maximum atomic E-state index is 12.5. The van der Waals surface area contributed by atoms with Crippen LogP contribution in [0.1, 0.15) is 54.4 Å². The van der Waals surface area contributed by atoms with Gasteiger partial charge in [-0.2, -0.15) is 0 Å². The Kier molecular flexibility index (Phi) is 5.36. The van der Waals surface area contributed by atoms with E-state index in [0.29, 0.717) is 12.6 Å². The standard InChI is InChI=1S/C20H26N2OS/c1-4-16-5-7-17(8-6-16)14(2)21-20(23)13-22-11-9-19-18(15(22)3)10-12-24-19/h5-8,10,12,14-15H,4,9,11,13H2,1-3H3,(H,21,23)/t14-,15-/m1/s1. The molecule has 0 unspecified atom stereocenters. The van der Waals surface area contributed by atoms with Gasteiger partial charge in [0.2, 0.25) is 5.91 Å². The van der Waals surface area contributed by atoms with Gasteiger partial charge in [0.25, 0.3) is 0 Å². The van der Waals surface area contributed by atoms with E-state index < -0.39 is 0 Å². The summed E-state index contributed by atoms with van der Waals surface area (Å²) in [5.41, 5.74) is 3.88. The van der Waals surface area contributed by atoms with Gasteiger partial charge in [-0.1, -0.05) is 31.2 Å². The Morgan fingerprint density at radius 1 is 1.33 bits per heavy atom. The van der Waals surface area contributed by atoms with E-state index in [2.05, 4.69) is 66.7 Å². The molecule has 3 rings (SSSR count). The van der Waals surface area contributed by atoms with Crippen LogP contribution in [0.5, 0.6) is 0 Å². The number of hydrogen-bond donors (Lipinski definition) is 1. The van der Waals surface area contributed by atoms with Crippen molar-refractivity contribution in [1.82, 2.24) is 10.2 Å². The summed E-state index contributed by atoms with van der Waals surface area (Å²) in [6, 6.07) is 11.1. The molecule has 2 heterocycles. The van der Waals surface area contributed by atoms with Gasteiger partial charge in [-0.05, 0) is 54.8 Å². The van der Waals surface area contributed by atoms with Crippen LogP contribution < -0.4 is 5.32 Å². The monoisotopic (exact) mass is 342 g/mol. The van der Waals surface area contributed by atoms with Crippen LogP contribution >= 0.6 is 11.3 Å². The lowest BCUT2D eigenvalue weighted by molar-refractivity contribution is -0.123. The molecular weight excluding hydrogens is 316 g/mol. The van der Waals surface area contributed by atoms with E-state index in [1.54, 1.807) is 0 Å². The number of nitrogens with zero attached hydrogens (tertiary/aromatic N) is 1.